The van der Waals surface area contributed by atoms with Crippen LogP contribution in [-0.2, 0) is 13.0 Å². The number of aryl methyl sites for hydroxylation is 3. The Balaban J connectivity index is 1.90. The third kappa shape index (κ3) is 2.53. The molecule has 0 saturated heterocycles. The summed E-state index contributed by atoms with van der Waals surface area (Å²) in [5.74, 6) is 0.594. The lowest BCUT2D eigenvalue weighted by Gasteiger charge is -2.05. The topological polar surface area (TPSA) is 43.8 Å². The summed E-state index contributed by atoms with van der Waals surface area (Å²) in [7, 11) is 0. The van der Waals surface area contributed by atoms with Crippen LogP contribution in [0.5, 0.6) is 0 Å². The normalized spacial score (nSPS) is 11.3. The summed E-state index contributed by atoms with van der Waals surface area (Å²) in [6, 6.07) is 10.5. The van der Waals surface area contributed by atoms with Crippen LogP contribution in [0.15, 0.2) is 34.1 Å². The number of nitrogen functional groups attached to an aromatic ring is 1. The van der Waals surface area contributed by atoms with E-state index in [1.165, 1.54) is 14.2 Å². The lowest BCUT2D eigenvalue weighted by Crippen LogP contribution is -2.05. The summed E-state index contributed by atoms with van der Waals surface area (Å²) in [5, 5.41) is 0. The molecule has 2 aromatic heterocycles. The number of anilines is 1. The van der Waals surface area contributed by atoms with Crippen LogP contribution < -0.4 is 5.73 Å². The molecule has 0 fully saturated rings. The summed E-state index contributed by atoms with van der Waals surface area (Å²) in [5.41, 5.74) is 9.31. The molecule has 3 aromatic rings. The van der Waals surface area contributed by atoms with Crippen LogP contribution in [0.3, 0.4) is 0 Å². The van der Waals surface area contributed by atoms with E-state index in [0.29, 0.717) is 5.95 Å². The van der Waals surface area contributed by atoms with Gasteiger partial charge >= 0.3 is 0 Å². The molecule has 0 spiro atoms. The van der Waals surface area contributed by atoms with Crippen LogP contribution in [-0.4, -0.2) is 9.55 Å². The van der Waals surface area contributed by atoms with Crippen molar-refractivity contribution in [2.45, 2.75) is 19.9 Å². The van der Waals surface area contributed by atoms with Crippen molar-refractivity contribution in [2.24, 2.45) is 0 Å². The Hall–Kier alpha value is -1.33. The summed E-state index contributed by atoms with van der Waals surface area (Å²) in [6.07, 6.45) is 0.972. The molecule has 0 aliphatic carbocycles. The van der Waals surface area contributed by atoms with E-state index in [2.05, 4.69) is 62.7 Å². The Bertz CT molecular complexity index is 729. The van der Waals surface area contributed by atoms with E-state index in [1.807, 2.05) is 0 Å². The predicted octanol–water partition coefficient (Wildman–Crippen LogP) is 3.99. The molecule has 5 heteroatoms. The minimum Gasteiger partial charge on any atom is -0.369 e. The van der Waals surface area contributed by atoms with Crippen molar-refractivity contribution in [3.63, 3.8) is 0 Å². The SMILES string of the molecule is Cc1ccc2c(c1)nc(N)n2CCc1ccc(Br)s1. The van der Waals surface area contributed by atoms with E-state index in [0.717, 1.165) is 24.0 Å². The van der Waals surface area contributed by atoms with E-state index in [-0.39, 0.29) is 0 Å². The number of rotatable bonds is 3. The van der Waals surface area contributed by atoms with Crippen molar-refractivity contribution < 1.29 is 0 Å². The second-order valence-electron chi connectivity index (χ2n) is 4.57. The van der Waals surface area contributed by atoms with Gasteiger partial charge in [0.25, 0.3) is 0 Å². The molecular weight excluding hydrogens is 322 g/mol. The van der Waals surface area contributed by atoms with Gasteiger partial charge in [-0.1, -0.05) is 6.07 Å². The molecule has 0 atom stereocenters. The van der Waals surface area contributed by atoms with Crippen LogP contribution in [0.4, 0.5) is 5.95 Å². The maximum absolute atomic E-state index is 6.02. The predicted molar refractivity (Wildman–Crippen MR) is 84.6 cm³/mol. The number of hydrogen-bond acceptors (Lipinski definition) is 3. The van der Waals surface area contributed by atoms with Crippen LogP contribution >= 0.6 is 27.3 Å². The van der Waals surface area contributed by atoms with Gasteiger partial charge in [-0.15, -0.1) is 11.3 Å². The quantitative estimate of drug-likeness (QED) is 0.786. The number of fused-ring (bicyclic) bond motifs is 1. The second kappa shape index (κ2) is 4.98. The van der Waals surface area contributed by atoms with Crippen LogP contribution in [0.1, 0.15) is 10.4 Å². The molecule has 0 radical (unpaired) electrons. The third-order valence-corrected chi connectivity index (χ3v) is 4.83. The molecule has 0 unspecified atom stereocenters. The number of benzene rings is 1. The molecule has 2 N–H and O–H groups in total. The first kappa shape index (κ1) is 12.7. The Morgan fingerprint density at radius 2 is 2.16 bits per heavy atom. The fourth-order valence-electron chi connectivity index (χ4n) is 2.20. The highest BCUT2D eigenvalue weighted by molar-refractivity contribution is 9.11. The Morgan fingerprint density at radius 1 is 1.32 bits per heavy atom. The number of hydrogen-bond donors (Lipinski definition) is 1. The molecule has 3 nitrogen and oxygen atoms in total. The zero-order chi connectivity index (χ0) is 13.4. The highest BCUT2D eigenvalue weighted by Crippen LogP contribution is 2.24. The monoisotopic (exact) mass is 335 g/mol. The third-order valence-electron chi connectivity index (χ3n) is 3.14. The molecule has 0 amide bonds. The zero-order valence-electron chi connectivity index (χ0n) is 10.6. The van der Waals surface area contributed by atoms with Crippen molar-refractivity contribution in [1.82, 2.24) is 9.55 Å². The van der Waals surface area contributed by atoms with Crippen molar-refractivity contribution >= 4 is 44.2 Å². The highest BCUT2D eigenvalue weighted by Gasteiger charge is 2.08. The van der Waals surface area contributed by atoms with Crippen LogP contribution in [0.2, 0.25) is 0 Å². The van der Waals surface area contributed by atoms with Crippen molar-refractivity contribution in [2.75, 3.05) is 5.73 Å². The van der Waals surface area contributed by atoms with Crippen LogP contribution in [0, 0.1) is 6.92 Å². The zero-order valence-corrected chi connectivity index (χ0v) is 13.0. The van der Waals surface area contributed by atoms with E-state index in [4.69, 9.17) is 5.73 Å². The summed E-state index contributed by atoms with van der Waals surface area (Å²) < 4.78 is 3.25. The Kier molecular flexibility index (Phi) is 3.33. The molecule has 2 heterocycles. The van der Waals surface area contributed by atoms with Gasteiger partial charge in [-0.3, -0.25) is 0 Å². The molecule has 98 valence electrons. The first-order valence-electron chi connectivity index (χ1n) is 6.10. The lowest BCUT2D eigenvalue weighted by molar-refractivity contribution is 0.733. The Labute approximate surface area is 124 Å². The summed E-state index contributed by atoms with van der Waals surface area (Å²) in [4.78, 5) is 5.77. The number of nitrogens with zero attached hydrogens (tertiary/aromatic N) is 2. The van der Waals surface area contributed by atoms with E-state index in [9.17, 15) is 0 Å². The Morgan fingerprint density at radius 3 is 2.89 bits per heavy atom. The molecule has 1 aromatic carbocycles. The van der Waals surface area contributed by atoms with E-state index >= 15 is 0 Å². The maximum atomic E-state index is 6.02. The van der Waals surface area contributed by atoms with E-state index < -0.39 is 0 Å². The molecule has 0 aliphatic rings. The minimum absolute atomic E-state index is 0.594. The fraction of sp³-hybridized carbons (Fsp3) is 0.214. The fourth-order valence-corrected chi connectivity index (χ4v) is 3.67. The lowest BCUT2D eigenvalue weighted by atomic mass is 10.2. The highest BCUT2D eigenvalue weighted by atomic mass is 79.9. The van der Waals surface area contributed by atoms with Crippen molar-refractivity contribution in [1.29, 1.82) is 0 Å². The summed E-state index contributed by atoms with van der Waals surface area (Å²) >= 11 is 5.25. The molecule has 0 aliphatic heterocycles. The van der Waals surface area contributed by atoms with Gasteiger partial charge in [0, 0.05) is 11.4 Å². The molecule has 0 bridgehead atoms. The van der Waals surface area contributed by atoms with Gasteiger partial charge in [0.05, 0.1) is 14.8 Å². The van der Waals surface area contributed by atoms with Crippen molar-refractivity contribution in [3.8, 4) is 0 Å². The average Bonchev–Trinajstić information content (AvgIpc) is 2.89. The molecule has 3 rings (SSSR count). The molecule has 0 saturated carbocycles. The van der Waals surface area contributed by atoms with Gasteiger partial charge in [-0.2, -0.15) is 0 Å². The number of nitrogens with two attached hydrogens (primary N) is 1. The molecule has 19 heavy (non-hydrogen) atoms. The number of thiophene rings is 1. The minimum atomic E-state index is 0.594. The van der Waals surface area contributed by atoms with Gasteiger partial charge in [-0.25, -0.2) is 4.98 Å². The van der Waals surface area contributed by atoms with Gasteiger partial charge in [0.2, 0.25) is 5.95 Å². The van der Waals surface area contributed by atoms with Gasteiger partial charge in [0.15, 0.2) is 0 Å². The van der Waals surface area contributed by atoms with Gasteiger partial charge < -0.3 is 10.3 Å². The first-order valence-corrected chi connectivity index (χ1v) is 7.71. The van der Waals surface area contributed by atoms with Crippen molar-refractivity contribution in [3.05, 3.63) is 44.6 Å². The second-order valence-corrected chi connectivity index (χ2v) is 7.12. The largest absolute Gasteiger partial charge is 0.369 e. The number of aromatic nitrogens is 2. The average molecular weight is 336 g/mol. The van der Waals surface area contributed by atoms with E-state index in [1.54, 1.807) is 11.3 Å². The first-order chi connectivity index (χ1) is 9.13. The van der Waals surface area contributed by atoms with Gasteiger partial charge in [0.1, 0.15) is 0 Å². The maximum Gasteiger partial charge on any atom is 0.201 e. The standard InChI is InChI=1S/C14H14BrN3S/c1-9-2-4-12-11(8-9)17-14(16)18(12)7-6-10-3-5-13(15)19-10/h2-5,8H,6-7H2,1H3,(H2,16,17). The van der Waals surface area contributed by atoms with Gasteiger partial charge in [-0.05, 0) is 59.1 Å². The van der Waals surface area contributed by atoms with Crippen LogP contribution in [0.25, 0.3) is 11.0 Å². The summed E-state index contributed by atoms with van der Waals surface area (Å²) in [6.45, 7) is 2.93. The number of imidazole rings is 1. The molecular formula is C14H14BrN3S. The smallest absolute Gasteiger partial charge is 0.201 e. The number of halogens is 1.